The van der Waals surface area contributed by atoms with Crippen molar-refractivity contribution in [2.75, 3.05) is 5.32 Å². The summed E-state index contributed by atoms with van der Waals surface area (Å²) < 4.78 is 1.83. The molecule has 0 saturated heterocycles. The summed E-state index contributed by atoms with van der Waals surface area (Å²) in [6, 6.07) is 0. The van der Waals surface area contributed by atoms with Crippen LogP contribution >= 0.6 is 11.3 Å². The first-order valence-corrected chi connectivity index (χ1v) is 9.94. The number of hydrogen-bond donors (Lipinski definition) is 1. The van der Waals surface area contributed by atoms with Gasteiger partial charge in [-0.1, -0.05) is 11.3 Å². The molecule has 2 heterocycles. The summed E-state index contributed by atoms with van der Waals surface area (Å²) in [6.45, 7) is 4.11. The maximum absolute atomic E-state index is 12.7. The van der Waals surface area contributed by atoms with E-state index in [0.29, 0.717) is 12.4 Å². The number of nitrogens with zero attached hydrogens (tertiary/aromatic N) is 3. The van der Waals surface area contributed by atoms with E-state index in [1.807, 2.05) is 11.4 Å². The first-order valence-electron chi connectivity index (χ1n) is 9.12. The third kappa shape index (κ3) is 2.30. The van der Waals surface area contributed by atoms with E-state index >= 15 is 0 Å². The van der Waals surface area contributed by atoms with Gasteiger partial charge in [0.1, 0.15) is 0 Å². The number of anilines is 1. The summed E-state index contributed by atoms with van der Waals surface area (Å²) in [6.07, 6.45) is 8.68. The number of thiazole rings is 1. The molecule has 6 rings (SSSR count). The molecular weight excluding hydrogens is 320 g/mol. The predicted molar refractivity (Wildman–Crippen MR) is 94.2 cm³/mol. The molecule has 0 radical (unpaired) electrons. The maximum Gasteiger partial charge on any atom is 0.250 e. The Morgan fingerprint density at radius 3 is 2.42 bits per heavy atom. The van der Waals surface area contributed by atoms with Gasteiger partial charge >= 0.3 is 0 Å². The number of carbonyl (C=O) groups excluding carboxylic acids is 1. The minimum Gasteiger partial charge on any atom is -0.293 e. The van der Waals surface area contributed by atoms with Crippen LogP contribution in [-0.2, 0) is 4.79 Å². The zero-order chi connectivity index (χ0) is 16.5. The van der Waals surface area contributed by atoms with Crippen LogP contribution < -0.4 is 5.32 Å². The Morgan fingerprint density at radius 2 is 1.83 bits per heavy atom. The molecule has 0 unspecified atom stereocenters. The third-order valence-electron chi connectivity index (χ3n) is 6.60. The minimum atomic E-state index is 0.101. The van der Waals surface area contributed by atoms with Crippen LogP contribution in [0.2, 0.25) is 0 Å². The maximum atomic E-state index is 12.7. The highest BCUT2D eigenvalue weighted by atomic mass is 32.1. The molecule has 1 N–H and O–H groups in total. The third-order valence-corrected chi connectivity index (χ3v) is 7.65. The van der Waals surface area contributed by atoms with Crippen molar-refractivity contribution in [3.63, 3.8) is 0 Å². The fourth-order valence-corrected chi connectivity index (χ4v) is 6.92. The number of aromatic nitrogens is 3. The standard InChI is InChI=1S/C18H24N4OS/c1-10-11(2)24-17-20-16(21-22(10)17)19-15(23)9-18-6-12-3-13(7-18)5-14(4-12)8-18/h12-14H,3-9H2,1-2H3,(H,19,21,23). The van der Waals surface area contributed by atoms with Gasteiger partial charge < -0.3 is 0 Å². The van der Waals surface area contributed by atoms with Gasteiger partial charge in [-0.25, -0.2) is 4.52 Å². The Bertz CT molecular complexity index is 785. The summed E-state index contributed by atoms with van der Waals surface area (Å²) in [7, 11) is 0. The number of amides is 1. The lowest BCUT2D eigenvalue weighted by Gasteiger charge is -2.56. The SMILES string of the molecule is Cc1sc2nc(NC(=O)CC34CC5CC(CC(C5)C3)C4)nn2c1C. The molecular formula is C18H24N4OS. The highest BCUT2D eigenvalue weighted by Crippen LogP contribution is 2.61. The van der Waals surface area contributed by atoms with E-state index in [4.69, 9.17) is 0 Å². The van der Waals surface area contributed by atoms with Crippen molar-refractivity contribution >= 4 is 28.2 Å². The molecule has 4 bridgehead atoms. The largest absolute Gasteiger partial charge is 0.293 e. The number of fused-ring (bicyclic) bond motifs is 1. The Morgan fingerprint density at radius 1 is 1.21 bits per heavy atom. The summed E-state index contributed by atoms with van der Waals surface area (Å²) in [4.78, 5) is 19.2. The topological polar surface area (TPSA) is 59.3 Å². The smallest absolute Gasteiger partial charge is 0.250 e. The van der Waals surface area contributed by atoms with E-state index in [2.05, 4.69) is 22.3 Å². The van der Waals surface area contributed by atoms with Crippen molar-refractivity contribution < 1.29 is 4.79 Å². The Labute approximate surface area is 145 Å². The van der Waals surface area contributed by atoms with Crippen LogP contribution in [0.4, 0.5) is 5.95 Å². The predicted octanol–water partition coefficient (Wildman–Crippen LogP) is 3.95. The zero-order valence-corrected chi connectivity index (χ0v) is 15.2. The van der Waals surface area contributed by atoms with Gasteiger partial charge in [-0.05, 0) is 75.5 Å². The first kappa shape index (κ1) is 14.9. The van der Waals surface area contributed by atoms with Crippen LogP contribution in [0.1, 0.15) is 55.5 Å². The van der Waals surface area contributed by atoms with E-state index in [1.165, 1.54) is 43.4 Å². The van der Waals surface area contributed by atoms with Crippen molar-refractivity contribution in [2.24, 2.45) is 23.2 Å². The molecule has 6 heteroatoms. The Kier molecular flexibility index (Phi) is 3.12. The molecule has 0 aromatic carbocycles. The highest BCUT2D eigenvalue weighted by Gasteiger charge is 2.51. The minimum absolute atomic E-state index is 0.101. The van der Waals surface area contributed by atoms with Crippen molar-refractivity contribution in [3.05, 3.63) is 10.6 Å². The number of nitrogens with one attached hydrogen (secondary N) is 1. The fraction of sp³-hybridized carbons (Fsp3) is 0.722. The Balaban J connectivity index is 1.31. The quantitative estimate of drug-likeness (QED) is 0.917. The van der Waals surface area contributed by atoms with Crippen molar-refractivity contribution in [1.82, 2.24) is 14.6 Å². The van der Waals surface area contributed by atoms with Gasteiger partial charge in [0.15, 0.2) is 0 Å². The number of carbonyl (C=O) groups is 1. The zero-order valence-electron chi connectivity index (χ0n) is 14.3. The molecule has 0 atom stereocenters. The summed E-state index contributed by atoms with van der Waals surface area (Å²) in [5.74, 6) is 3.20. The van der Waals surface area contributed by atoms with Crippen LogP contribution in [0.3, 0.4) is 0 Å². The van der Waals surface area contributed by atoms with Gasteiger partial charge in [0.25, 0.3) is 0 Å². The molecule has 0 spiro atoms. The van der Waals surface area contributed by atoms with Crippen LogP contribution in [0.15, 0.2) is 0 Å². The van der Waals surface area contributed by atoms with Crippen LogP contribution in [0.5, 0.6) is 0 Å². The second-order valence-electron chi connectivity index (χ2n) is 8.52. The van der Waals surface area contributed by atoms with Crippen molar-refractivity contribution in [2.45, 2.75) is 58.8 Å². The Hall–Kier alpha value is -1.43. The molecule has 5 nitrogen and oxygen atoms in total. The second-order valence-corrected chi connectivity index (χ2v) is 9.70. The molecule has 24 heavy (non-hydrogen) atoms. The van der Waals surface area contributed by atoms with Gasteiger partial charge in [0.2, 0.25) is 16.8 Å². The second kappa shape index (κ2) is 5.04. The summed E-state index contributed by atoms with van der Waals surface area (Å²) in [5, 5.41) is 7.42. The van der Waals surface area contributed by atoms with Crippen molar-refractivity contribution in [3.8, 4) is 0 Å². The molecule has 2 aromatic heterocycles. The number of aryl methyl sites for hydroxylation is 2. The van der Waals surface area contributed by atoms with Gasteiger partial charge in [-0.15, -0.1) is 5.10 Å². The van der Waals surface area contributed by atoms with E-state index in [0.717, 1.165) is 28.4 Å². The lowest BCUT2D eigenvalue weighted by Crippen LogP contribution is -2.47. The van der Waals surface area contributed by atoms with Gasteiger partial charge in [0.05, 0.1) is 5.69 Å². The molecule has 0 aliphatic heterocycles. The molecule has 4 aliphatic rings. The number of hydrogen-bond acceptors (Lipinski definition) is 4. The monoisotopic (exact) mass is 344 g/mol. The van der Waals surface area contributed by atoms with Gasteiger partial charge in [-0.3, -0.25) is 10.1 Å². The highest BCUT2D eigenvalue weighted by molar-refractivity contribution is 7.17. The molecule has 128 valence electrons. The summed E-state index contributed by atoms with van der Waals surface area (Å²) in [5.41, 5.74) is 1.37. The first-order chi connectivity index (χ1) is 11.5. The lowest BCUT2D eigenvalue weighted by molar-refractivity contribution is -0.124. The van der Waals surface area contributed by atoms with Crippen LogP contribution in [0.25, 0.3) is 4.96 Å². The van der Waals surface area contributed by atoms with E-state index in [9.17, 15) is 4.79 Å². The summed E-state index contributed by atoms with van der Waals surface area (Å²) >= 11 is 1.62. The van der Waals surface area contributed by atoms with Gasteiger partial charge in [-0.2, -0.15) is 4.98 Å². The number of rotatable bonds is 3. The molecule has 4 aliphatic carbocycles. The fourth-order valence-electron chi connectivity index (χ4n) is 6.01. The molecule has 4 fully saturated rings. The average molecular weight is 344 g/mol. The lowest BCUT2D eigenvalue weighted by atomic mass is 9.49. The van der Waals surface area contributed by atoms with Crippen LogP contribution in [-0.4, -0.2) is 20.5 Å². The average Bonchev–Trinajstić information content (AvgIpc) is 2.96. The van der Waals surface area contributed by atoms with E-state index < -0.39 is 0 Å². The molecule has 4 saturated carbocycles. The molecule has 2 aromatic rings. The van der Waals surface area contributed by atoms with Crippen LogP contribution in [0, 0.1) is 37.0 Å². The van der Waals surface area contributed by atoms with E-state index in [1.54, 1.807) is 11.3 Å². The van der Waals surface area contributed by atoms with E-state index in [-0.39, 0.29) is 11.3 Å². The van der Waals surface area contributed by atoms with Crippen molar-refractivity contribution in [1.29, 1.82) is 0 Å². The molecule has 1 amide bonds. The van der Waals surface area contributed by atoms with Gasteiger partial charge in [0, 0.05) is 11.3 Å². The normalized spacial score (nSPS) is 34.2.